The van der Waals surface area contributed by atoms with E-state index in [-0.39, 0.29) is 37.9 Å². The molecule has 0 bridgehead atoms. The molecule has 0 fully saturated rings. The largest absolute Gasteiger partial charge is 0.466 e. The molecule has 2 atom stereocenters. The van der Waals surface area contributed by atoms with Gasteiger partial charge in [0.2, 0.25) is 11.8 Å². The SMILES string of the molecule is CCOC(=O)CC[C@@H](NC(=O)[C@@H](NC(=O)C(C)(C)c1ccc(Br)cc1)C(C)C)C(=O)OCC. The van der Waals surface area contributed by atoms with Gasteiger partial charge in [-0.2, -0.15) is 0 Å². The maximum Gasteiger partial charge on any atom is 0.328 e. The van der Waals surface area contributed by atoms with Crippen molar-refractivity contribution in [1.82, 2.24) is 10.6 Å². The number of hydrogen-bond acceptors (Lipinski definition) is 6. The minimum Gasteiger partial charge on any atom is -0.466 e. The Labute approximate surface area is 204 Å². The minimum absolute atomic E-state index is 0.0343. The Hall–Kier alpha value is -2.42. The Kier molecular flexibility index (Phi) is 11.6. The molecule has 0 aromatic heterocycles. The van der Waals surface area contributed by atoms with E-state index >= 15 is 0 Å². The molecule has 0 aliphatic heterocycles. The smallest absolute Gasteiger partial charge is 0.328 e. The summed E-state index contributed by atoms with van der Waals surface area (Å²) >= 11 is 3.38. The number of carbonyl (C=O) groups is 4. The first-order valence-electron chi connectivity index (χ1n) is 11.1. The fourth-order valence-electron chi connectivity index (χ4n) is 3.10. The van der Waals surface area contributed by atoms with Crippen LogP contribution in [-0.2, 0) is 34.1 Å². The third-order valence-corrected chi connectivity index (χ3v) is 5.73. The van der Waals surface area contributed by atoms with Gasteiger partial charge in [0.25, 0.3) is 0 Å². The molecule has 184 valence electrons. The maximum absolute atomic E-state index is 13.1. The van der Waals surface area contributed by atoms with Crippen molar-refractivity contribution >= 4 is 39.7 Å². The summed E-state index contributed by atoms with van der Waals surface area (Å²) in [5.41, 5.74) is -0.0941. The van der Waals surface area contributed by atoms with Gasteiger partial charge in [-0.25, -0.2) is 4.79 Å². The van der Waals surface area contributed by atoms with Crippen LogP contribution in [0.2, 0.25) is 0 Å². The topological polar surface area (TPSA) is 111 Å². The molecule has 0 radical (unpaired) electrons. The molecule has 0 unspecified atom stereocenters. The van der Waals surface area contributed by atoms with E-state index in [1.807, 2.05) is 24.3 Å². The first-order valence-corrected chi connectivity index (χ1v) is 11.9. The summed E-state index contributed by atoms with van der Waals surface area (Å²) < 4.78 is 10.8. The first-order chi connectivity index (χ1) is 15.4. The predicted molar refractivity (Wildman–Crippen MR) is 128 cm³/mol. The van der Waals surface area contributed by atoms with Crippen molar-refractivity contribution in [3.8, 4) is 0 Å². The van der Waals surface area contributed by atoms with Gasteiger partial charge in [0.05, 0.1) is 18.6 Å². The van der Waals surface area contributed by atoms with E-state index in [0.717, 1.165) is 10.0 Å². The van der Waals surface area contributed by atoms with Crippen LogP contribution in [0.1, 0.15) is 59.9 Å². The number of carbonyl (C=O) groups excluding carboxylic acids is 4. The van der Waals surface area contributed by atoms with E-state index in [0.29, 0.717) is 0 Å². The van der Waals surface area contributed by atoms with Gasteiger partial charge in [-0.3, -0.25) is 14.4 Å². The molecule has 2 amide bonds. The second-order valence-electron chi connectivity index (χ2n) is 8.48. The number of nitrogens with one attached hydrogen (secondary N) is 2. The third-order valence-electron chi connectivity index (χ3n) is 5.20. The Morgan fingerprint density at radius 2 is 1.55 bits per heavy atom. The van der Waals surface area contributed by atoms with Crippen molar-refractivity contribution in [2.24, 2.45) is 5.92 Å². The van der Waals surface area contributed by atoms with Crippen LogP contribution in [0, 0.1) is 5.92 Å². The monoisotopic (exact) mass is 526 g/mol. The normalized spacial score (nSPS) is 13.1. The van der Waals surface area contributed by atoms with Crippen LogP contribution in [0.25, 0.3) is 0 Å². The second kappa shape index (κ2) is 13.3. The molecular weight excluding hydrogens is 492 g/mol. The number of benzene rings is 1. The molecule has 0 aliphatic rings. The van der Waals surface area contributed by atoms with Crippen LogP contribution in [-0.4, -0.2) is 49.1 Å². The summed E-state index contributed by atoms with van der Waals surface area (Å²) in [7, 11) is 0. The van der Waals surface area contributed by atoms with Crippen LogP contribution in [0.15, 0.2) is 28.7 Å². The van der Waals surface area contributed by atoms with E-state index in [2.05, 4.69) is 26.6 Å². The van der Waals surface area contributed by atoms with Crippen molar-refractivity contribution in [1.29, 1.82) is 0 Å². The molecule has 1 aromatic carbocycles. The van der Waals surface area contributed by atoms with Crippen LogP contribution in [0.5, 0.6) is 0 Å². The predicted octanol–water partition coefficient (Wildman–Crippen LogP) is 3.26. The Morgan fingerprint density at radius 1 is 0.970 bits per heavy atom. The second-order valence-corrected chi connectivity index (χ2v) is 9.40. The molecule has 1 aromatic rings. The van der Waals surface area contributed by atoms with Gasteiger partial charge in [-0.1, -0.05) is 41.9 Å². The van der Waals surface area contributed by atoms with E-state index in [9.17, 15) is 19.2 Å². The lowest BCUT2D eigenvalue weighted by molar-refractivity contribution is -0.149. The average Bonchev–Trinajstić information content (AvgIpc) is 2.74. The maximum atomic E-state index is 13.1. The number of ether oxygens (including phenoxy) is 2. The first kappa shape index (κ1) is 28.6. The number of halogens is 1. The van der Waals surface area contributed by atoms with Gasteiger partial charge in [0.15, 0.2) is 0 Å². The van der Waals surface area contributed by atoms with Gasteiger partial charge in [-0.15, -0.1) is 0 Å². The number of rotatable bonds is 12. The van der Waals surface area contributed by atoms with Gasteiger partial charge in [-0.05, 0) is 57.7 Å². The average molecular weight is 527 g/mol. The highest BCUT2D eigenvalue weighted by molar-refractivity contribution is 9.10. The van der Waals surface area contributed by atoms with E-state index in [4.69, 9.17) is 9.47 Å². The quantitative estimate of drug-likeness (QED) is 0.404. The van der Waals surface area contributed by atoms with Crippen LogP contribution >= 0.6 is 15.9 Å². The standard InChI is InChI=1S/C24H35BrN2O6/c1-7-32-19(28)14-13-18(22(30)33-8-2)26-21(29)20(15(3)4)27-23(31)24(5,6)16-9-11-17(25)12-10-16/h9-12,15,18,20H,7-8,13-14H2,1-6H3,(H,26,29)(H,27,31)/t18-,20+/m1/s1. The Morgan fingerprint density at radius 3 is 2.06 bits per heavy atom. The van der Waals surface area contributed by atoms with Crippen molar-refractivity contribution in [3.63, 3.8) is 0 Å². The fourth-order valence-corrected chi connectivity index (χ4v) is 3.37. The van der Waals surface area contributed by atoms with Gasteiger partial charge < -0.3 is 20.1 Å². The van der Waals surface area contributed by atoms with Gasteiger partial charge in [0, 0.05) is 10.9 Å². The molecule has 0 aliphatic carbocycles. The van der Waals surface area contributed by atoms with E-state index < -0.39 is 35.3 Å². The lowest BCUT2D eigenvalue weighted by atomic mass is 9.83. The Balaban J connectivity index is 2.97. The summed E-state index contributed by atoms with van der Waals surface area (Å²) in [6.07, 6.45) is -0.0144. The fraction of sp³-hybridized carbons (Fsp3) is 0.583. The molecule has 8 nitrogen and oxygen atoms in total. The van der Waals surface area contributed by atoms with Crippen LogP contribution in [0.4, 0.5) is 0 Å². The molecule has 0 heterocycles. The number of hydrogen-bond donors (Lipinski definition) is 2. The molecule has 9 heteroatoms. The van der Waals surface area contributed by atoms with Crippen LogP contribution < -0.4 is 10.6 Å². The summed E-state index contributed by atoms with van der Waals surface area (Å²) in [5.74, 6) is -2.20. The summed E-state index contributed by atoms with van der Waals surface area (Å²) in [4.78, 5) is 50.3. The molecule has 0 saturated heterocycles. The molecule has 2 N–H and O–H groups in total. The molecule has 33 heavy (non-hydrogen) atoms. The summed E-state index contributed by atoms with van der Waals surface area (Å²) in [6, 6.07) is 5.49. The highest BCUT2D eigenvalue weighted by Gasteiger charge is 2.35. The lowest BCUT2D eigenvalue weighted by Gasteiger charge is -2.30. The van der Waals surface area contributed by atoms with Gasteiger partial charge in [0.1, 0.15) is 12.1 Å². The van der Waals surface area contributed by atoms with Crippen molar-refractivity contribution in [2.45, 2.75) is 71.9 Å². The van der Waals surface area contributed by atoms with Crippen molar-refractivity contribution in [3.05, 3.63) is 34.3 Å². The molecular formula is C24H35BrN2O6. The van der Waals surface area contributed by atoms with Crippen molar-refractivity contribution < 1.29 is 28.7 Å². The molecule has 0 saturated carbocycles. The van der Waals surface area contributed by atoms with E-state index in [1.165, 1.54) is 0 Å². The summed E-state index contributed by atoms with van der Waals surface area (Å²) in [5, 5.41) is 5.47. The zero-order chi connectivity index (χ0) is 25.2. The van der Waals surface area contributed by atoms with Crippen LogP contribution in [0.3, 0.4) is 0 Å². The zero-order valence-corrected chi connectivity index (χ0v) is 21.8. The number of amides is 2. The third kappa shape index (κ3) is 8.79. The highest BCUT2D eigenvalue weighted by Crippen LogP contribution is 2.25. The molecule has 0 spiro atoms. The van der Waals surface area contributed by atoms with E-state index in [1.54, 1.807) is 41.5 Å². The minimum atomic E-state index is -1.03. The zero-order valence-electron chi connectivity index (χ0n) is 20.2. The van der Waals surface area contributed by atoms with Crippen molar-refractivity contribution in [2.75, 3.05) is 13.2 Å². The summed E-state index contributed by atoms with van der Waals surface area (Å²) in [6.45, 7) is 10.9. The highest BCUT2D eigenvalue weighted by atomic mass is 79.9. The Bertz CT molecular complexity index is 823. The van der Waals surface area contributed by atoms with Gasteiger partial charge >= 0.3 is 11.9 Å². The molecule has 1 rings (SSSR count). The lowest BCUT2D eigenvalue weighted by Crippen LogP contribution is -2.56. The number of esters is 2.